The van der Waals surface area contributed by atoms with Crippen LogP contribution in [0.25, 0.3) is 0 Å². The van der Waals surface area contributed by atoms with E-state index in [2.05, 4.69) is 51.8 Å². The molecule has 1 aliphatic heterocycles. The number of nitrogens with zero attached hydrogens (tertiary/aromatic N) is 1. The Hall–Kier alpha value is -0.0800. The van der Waals surface area contributed by atoms with Gasteiger partial charge in [0.15, 0.2) is 0 Å². The van der Waals surface area contributed by atoms with Gasteiger partial charge in [0.25, 0.3) is 0 Å². The molecule has 2 nitrogen and oxygen atoms in total. The van der Waals surface area contributed by atoms with E-state index < -0.39 is 0 Å². The molecule has 1 saturated heterocycles. The van der Waals surface area contributed by atoms with Crippen molar-refractivity contribution in [2.45, 2.75) is 85.4 Å². The third-order valence-corrected chi connectivity index (χ3v) is 6.06. The number of piperazine rings is 1. The molecular formula is C19H38N2. The quantitative estimate of drug-likeness (QED) is 0.837. The van der Waals surface area contributed by atoms with Crippen LogP contribution in [0.4, 0.5) is 0 Å². The van der Waals surface area contributed by atoms with Crippen LogP contribution in [-0.2, 0) is 0 Å². The Morgan fingerprint density at radius 3 is 2.10 bits per heavy atom. The van der Waals surface area contributed by atoms with Crippen LogP contribution in [0.2, 0.25) is 0 Å². The molecule has 1 saturated carbocycles. The summed E-state index contributed by atoms with van der Waals surface area (Å²) in [5.74, 6) is 3.23. The molecule has 1 aliphatic carbocycles. The molecule has 2 aliphatic rings. The van der Waals surface area contributed by atoms with E-state index in [4.69, 9.17) is 0 Å². The zero-order valence-electron chi connectivity index (χ0n) is 15.2. The van der Waals surface area contributed by atoms with Crippen molar-refractivity contribution >= 4 is 0 Å². The van der Waals surface area contributed by atoms with E-state index in [1.807, 2.05) is 0 Å². The standard InChI is InChI=1S/C19H38N2/c1-13(2)16-9-7-8-10-18(16)21-12-17(14(3)4)20-11-19(21)15(5)6/h13-20H,7-12H2,1-6H3. The summed E-state index contributed by atoms with van der Waals surface area (Å²) in [5.41, 5.74) is 0. The second-order valence-corrected chi connectivity index (χ2v) is 8.53. The lowest BCUT2D eigenvalue weighted by Crippen LogP contribution is -2.64. The molecule has 0 bridgehead atoms. The van der Waals surface area contributed by atoms with Gasteiger partial charge in [-0.3, -0.25) is 4.90 Å². The normalized spacial score (nSPS) is 35.9. The van der Waals surface area contributed by atoms with Crippen molar-refractivity contribution in [2.75, 3.05) is 13.1 Å². The minimum atomic E-state index is 0.676. The fourth-order valence-electron chi connectivity index (χ4n) is 4.59. The van der Waals surface area contributed by atoms with Gasteiger partial charge in [-0.25, -0.2) is 0 Å². The number of hydrogen-bond acceptors (Lipinski definition) is 2. The first kappa shape index (κ1) is 17.3. The van der Waals surface area contributed by atoms with E-state index in [0.717, 1.165) is 35.8 Å². The van der Waals surface area contributed by atoms with E-state index in [-0.39, 0.29) is 0 Å². The zero-order valence-corrected chi connectivity index (χ0v) is 15.2. The Bertz CT molecular complexity index is 311. The van der Waals surface area contributed by atoms with Gasteiger partial charge in [0.1, 0.15) is 0 Å². The van der Waals surface area contributed by atoms with Crippen LogP contribution >= 0.6 is 0 Å². The monoisotopic (exact) mass is 294 g/mol. The molecule has 0 radical (unpaired) electrons. The van der Waals surface area contributed by atoms with Gasteiger partial charge in [0.2, 0.25) is 0 Å². The van der Waals surface area contributed by atoms with E-state index in [1.54, 1.807) is 0 Å². The fraction of sp³-hybridized carbons (Fsp3) is 1.00. The SMILES string of the molecule is CC(C)C1CN(C2CCCCC2C(C)C)C(C(C)C)CN1. The van der Waals surface area contributed by atoms with Gasteiger partial charge in [-0.15, -0.1) is 0 Å². The van der Waals surface area contributed by atoms with Crippen LogP contribution in [0, 0.1) is 23.7 Å². The smallest absolute Gasteiger partial charge is 0.0247 e. The average Bonchev–Trinajstić information content (AvgIpc) is 2.46. The predicted molar refractivity (Wildman–Crippen MR) is 92.5 cm³/mol. The van der Waals surface area contributed by atoms with Crippen molar-refractivity contribution in [2.24, 2.45) is 23.7 Å². The highest BCUT2D eigenvalue weighted by Crippen LogP contribution is 2.36. The summed E-state index contributed by atoms with van der Waals surface area (Å²) in [7, 11) is 0. The van der Waals surface area contributed by atoms with E-state index in [1.165, 1.54) is 38.8 Å². The van der Waals surface area contributed by atoms with Crippen LogP contribution in [0.15, 0.2) is 0 Å². The number of nitrogens with one attached hydrogen (secondary N) is 1. The maximum absolute atomic E-state index is 3.82. The van der Waals surface area contributed by atoms with Crippen LogP contribution in [0.3, 0.4) is 0 Å². The summed E-state index contributed by atoms with van der Waals surface area (Å²) in [6.07, 6.45) is 5.76. The minimum Gasteiger partial charge on any atom is -0.311 e. The molecule has 2 heteroatoms. The van der Waals surface area contributed by atoms with Gasteiger partial charge < -0.3 is 5.32 Å². The first-order chi connectivity index (χ1) is 9.91. The van der Waals surface area contributed by atoms with Crippen LogP contribution in [-0.4, -0.2) is 36.1 Å². The molecule has 4 unspecified atom stereocenters. The second kappa shape index (κ2) is 7.46. The lowest BCUT2D eigenvalue weighted by Gasteiger charge is -2.51. The summed E-state index contributed by atoms with van der Waals surface area (Å²) in [6.45, 7) is 16.9. The molecule has 0 spiro atoms. The number of rotatable bonds is 4. The molecule has 0 aromatic carbocycles. The van der Waals surface area contributed by atoms with Crippen molar-refractivity contribution in [1.82, 2.24) is 10.2 Å². The highest BCUT2D eigenvalue weighted by molar-refractivity contribution is 4.95. The Morgan fingerprint density at radius 2 is 1.52 bits per heavy atom. The molecule has 1 heterocycles. The molecule has 2 fully saturated rings. The van der Waals surface area contributed by atoms with E-state index in [0.29, 0.717) is 6.04 Å². The molecular weight excluding hydrogens is 256 g/mol. The van der Waals surface area contributed by atoms with Crippen molar-refractivity contribution < 1.29 is 0 Å². The van der Waals surface area contributed by atoms with Gasteiger partial charge in [-0.1, -0.05) is 54.4 Å². The first-order valence-corrected chi connectivity index (χ1v) is 9.41. The van der Waals surface area contributed by atoms with Crippen LogP contribution in [0.1, 0.15) is 67.2 Å². The van der Waals surface area contributed by atoms with Crippen molar-refractivity contribution in [1.29, 1.82) is 0 Å². The maximum Gasteiger partial charge on any atom is 0.0247 e. The average molecular weight is 295 g/mol. The topological polar surface area (TPSA) is 15.3 Å². The minimum absolute atomic E-state index is 0.676. The predicted octanol–water partition coefficient (Wildman–Crippen LogP) is 4.16. The lowest BCUT2D eigenvalue weighted by atomic mass is 9.75. The molecule has 2 rings (SSSR count). The molecule has 4 atom stereocenters. The summed E-state index contributed by atoms with van der Waals surface area (Å²) < 4.78 is 0. The summed E-state index contributed by atoms with van der Waals surface area (Å²) >= 11 is 0. The molecule has 124 valence electrons. The highest BCUT2D eigenvalue weighted by atomic mass is 15.3. The Kier molecular flexibility index (Phi) is 6.14. The lowest BCUT2D eigenvalue weighted by molar-refractivity contribution is -0.00603. The molecule has 0 aromatic heterocycles. The number of hydrogen-bond donors (Lipinski definition) is 1. The van der Waals surface area contributed by atoms with Gasteiger partial charge >= 0.3 is 0 Å². The van der Waals surface area contributed by atoms with E-state index >= 15 is 0 Å². The summed E-state index contributed by atoms with van der Waals surface area (Å²) in [6, 6.07) is 2.23. The Balaban J connectivity index is 2.17. The summed E-state index contributed by atoms with van der Waals surface area (Å²) in [5, 5.41) is 3.82. The largest absolute Gasteiger partial charge is 0.311 e. The Labute approximate surface area is 133 Å². The van der Waals surface area contributed by atoms with Crippen molar-refractivity contribution in [3.8, 4) is 0 Å². The van der Waals surface area contributed by atoms with Gasteiger partial charge in [0.05, 0.1) is 0 Å². The fourth-order valence-corrected chi connectivity index (χ4v) is 4.59. The summed E-state index contributed by atoms with van der Waals surface area (Å²) in [4.78, 5) is 2.93. The Morgan fingerprint density at radius 1 is 0.857 bits per heavy atom. The first-order valence-electron chi connectivity index (χ1n) is 9.41. The van der Waals surface area contributed by atoms with E-state index in [9.17, 15) is 0 Å². The maximum atomic E-state index is 3.82. The van der Waals surface area contributed by atoms with Crippen LogP contribution in [0.5, 0.6) is 0 Å². The van der Waals surface area contributed by atoms with Gasteiger partial charge in [-0.2, -0.15) is 0 Å². The van der Waals surface area contributed by atoms with Crippen molar-refractivity contribution in [3.63, 3.8) is 0 Å². The van der Waals surface area contributed by atoms with Gasteiger partial charge in [-0.05, 0) is 36.5 Å². The highest BCUT2D eigenvalue weighted by Gasteiger charge is 2.39. The second-order valence-electron chi connectivity index (χ2n) is 8.53. The third-order valence-electron chi connectivity index (χ3n) is 6.06. The van der Waals surface area contributed by atoms with Gasteiger partial charge in [0, 0.05) is 31.2 Å². The van der Waals surface area contributed by atoms with Crippen molar-refractivity contribution in [3.05, 3.63) is 0 Å². The van der Waals surface area contributed by atoms with Crippen LogP contribution < -0.4 is 5.32 Å². The third kappa shape index (κ3) is 4.01. The molecule has 0 amide bonds. The molecule has 0 aromatic rings. The molecule has 21 heavy (non-hydrogen) atoms. The molecule has 1 N–H and O–H groups in total. The zero-order chi connectivity index (χ0) is 15.6.